The summed E-state index contributed by atoms with van der Waals surface area (Å²) < 4.78 is 4.94. The molecule has 3 heterocycles. The molecule has 1 aliphatic rings. The fraction of sp³-hybridized carbons (Fsp3) is 0.647. The van der Waals surface area contributed by atoms with E-state index in [0.717, 1.165) is 25.2 Å². The van der Waals surface area contributed by atoms with Gasteiger partial charge < -0.3 is 4.90 Å². The Balaban J connectivity index is 1.71. The van der Waals surface area contributed by atoms with Crippen molar-refractivity contribution in [1.29, 1.82) is 0 Å². The van der Waals surface area contributed by atoms with E-state index in [9.17, 15) is 9.59 Å². The number of aromatic nitrogens is 5. The van der Waals surface area contributed by atoms with Crippen LogP contribution in [-0.4, -0.2) is 48.0 Å². The van der Waals surface area contributed by atoms with E-state index in [4.69, 9.17) is 0 Å². The van der Waals surface area contributed by atoms with E-state index in [2.05, 4.69) is 10.2 Å². The number of hydrogen-bond donors (Lipinski definition) is 0. The average Bonchev–Trinajstić information content (AvgIpc) is 3.19. The molecule has 0 radical (unpaired) electrons. The van der Waals surface area contributed by atoms with E-state index in [1.165, 1.54) is 4.68 Å². The Labute approximate surface area is 147 Å². The first-order valence-corrected chi connectivity index (χ1v) is 8.90. The van der Waals surface area contributed by atoms with Crippen molar-refractivity contribution in [1.82, 2.24) is 29.0 Å². The highest BCUT2D eigenvalue weighted by Crippen LogP contribution is 2.28. The number of piperidine rings is 1. The maximum atomic E-state index is 12.6. The van der Waals surface area contributed by atoms with Crippen LogP contribution in [0.4, 0.5) is 0 Å². The molecule has 1 fully saturated rings. The van der Waals surface area contributed by atoms with E-state index in [0.29, 0.717) is 18.8 Å². The van der Waals surface area contributed by atoms with Gasteiger partial charge in [-0.05, 0) is 39.7 Å². The molecular formula is C17H26N6O2. The summed E-state index contributed by atoms with van der Waals surface area (Å²) in [6.45, 7) is 8.05. The van der Waals surface area contributed by atoms with E-state index in [1.807, 2.05) is 31.9 Å². The van der Waals surface area contributed by atoms with E-state index < -0.39 is 0 Å². The lowest BCUT2D eigenvalue weighted by atomic mass is 9.95. The fourth-order valence-corrected chi connectivity index (χ4v) is 3.42. The predicted octanol–water partition coefficient (Wildman–Crippen LogP) is 1.40. The van der Waals surface area contributed by atoms with E-state index >= 15 is 0 Å². The minimum Gasteiger partial charge on any atom is -0.337 e. The lowest BCUT2D eigenvalue weighted by Gasteiger charge is -2.31. The fourth-order valence-electron chi connectivity index (χ4n) is 3.42. The monoisotopic (exact) mass is 346 g/mol. The van der Waals surface area contributed by atoms with Gasteiger partial charge in [0.1, 0.15) is 11.5 Å². The third kappa shape index (κ3) is 3.25. The Hall–Kier alpha value is -2.38. The standard InChI is InChI=1S/C17H26N6O2/c1-5-22-11-8-14(18-22)16(24)21-9-6-13(7-10-21)15-19-20(4)17(25)23(15)12(2)3/h8,11-13H,5-7,9-10H2,1-4H3. The Morgan fingerprint density at radius 2 is 1.96 bits per heavy atom. The molecule has 1 aliphatic heterocycles. The summed E-state index contributed by atoms with van der Waals surface area (Å²) in [7, 11) is 1.69. The number of nitrogens with zero attached hydrogens (tertiary/aromatic N) is 6. The molecule has 1 saturated heterocycles. The van der Waals surface area contributed by atoms with Gasteiger partial charge in [0.25, 0.3) is 5.91 Å². The summed E-state index contributed by atoms with van der Waals surface area (Å²) in [5, 5.41) is 8.74. The average molecular weight is 346 g/mol. The molecule has 1 amide bonds. The van der Waals surface area contributed by atoms with Crippen LogP contribution in [0.5, 0.6) is 0 Å². The second kappa shape index (κ2) is 6.85. The zero-order chi connectivity index (χ0) is 18.1. The van der Waals surface area contributed by atoms with Crippen LogP contribution in [-0.2, 0) is 13.6 Å². The summed E-state index contributed by atoms with van der Waals surface area (Å²) in [5.41, 5.74) is 0.422. The molecule has 0 aromatic carbocycles. The summed E-state index contributed by atoms with van der Waals surface area (Å²) in [6, 6.07) is 1.85. The molecule has 0 atom stereocenters. The molecular weight excluding hydrogens is 320 g/mol. The number of hydrogen-bond acceptors (Lipinski definition) is 4. The van der Waals surface area contributed by atoms with Crippen molar-refractivity contribution < 1.29 is 4.79 Å². The molecule has 2 aromatic rings. The zero-order valence-electron chi connectivity index (χ0n) is 15.3. The van der Waals surface area contributed by atoms with Gasteiger partial charge in [0.05, 0.1) is 0 Å². The van der Waals surface area contributed by atoms with Crippen molar-refractivity contribution in [3.8, 4) is 0 Å². The maximum Gasteiger partial charge on any atom is 0.345 e. The topological polar surface area (TPSA) is 78.0 Å². The van der Waals surface area contributed by atoms with Crippen LogP contribution in [0, 0.1) is 0 Å². The van der Waals surface area contributed by atoms with Gasteiger partial charge in [-0.15, -0.1) is 0 Å². The Morgan fingerprint density at radius 1 is 1.28 bits per heavy atom. The zero-order valence-corrected chi connectivity index (χ0v) is 15.3. The molecule has 3 rings (SSSR count). The highest BCUT2D eigenvalue weighted by molar-refractivity contribution is 5.92. The lowest BCUT2D eigenvalue weighted by molar-refractivity contribution is 0.0703. The molecule has 0 aliphatic carbocycles. The van der Waals surface area contributed by atoms with Crippen molar-refractivity contribution in [2.24, 2.45) is 7.05 Å². The maximum absolute atomic E-state index is 12.6. The van der Waals surface area contributed by atoms with Crippen molar-refractivity contribution in [3.63, 3.8) is 0 Å². The molecule has 0 N–H and O–H groups in total. The van der Waals surface area contributed by atoms with Gasteiger partial charge in [-0.3, -0.25) is 14.0 Å². The second-order valence-corrected chi connectivity index (χ2v) is 6.85. The molecule has 8 nitrogen and oxygen atoms in total. The van der Waals surface area contributed by atoms with Crippen LogP contribution in [0.15, 0.2) is 17.1 Å². The van der Waals surface area contributed by atoms with Crippen molar-refractivity contribution >= 4 is 5.91 Å². The molecule has 136 valence electrons. The van der Waals surface area contributed by atoms with Gasteiger partial charge in [-0.2, -0.15) is 10.2 Å². The SMILES string of the molecule is CCn1ccc(C(=O)N2CCC(c3nn(C)c(=O)n3C(C)C)CC2)n1. The largest absolute Gasteiger partial charge is 0.345 e. The van der Waals surface area contributed by atoms with Crippen LogP contribution >= 0.6 is 0 Å². The number of aryl methyl sites for hydroxylation is 2. The molecule has 0 spiro atoms. The van der Waals surface area contributed by atoms with Gasteiger partial charge in [-0.25, -0.2) is 9.48 Å². The number of carbonyl (C=O) groups is 1. The quantitative estimate of drug-likeness (QED) is 0.838. The van der Waals surface area contributed by atoms with Gasteiger partial charge in [0.2, 0.25) is 0 Å². The summed E-state index contributed by atoms with van der Waals surface area (Å²) >= 11 is 0. The second-order valence-electron chi connectivity index (χ2n) is 6.85. The van der Waals surface area contributed by atoms with E-state index in [1.54, 1.807) is 22.4 Å². The molecule has 0 unspecified atom stereocenters. The third-order valence-electron chi connectivity index (χ3n) is 4.83. The predicted molar refractivity (Wildman–Crippen MR) is 93.6 cm³/mol. The third-order valence-corrected chi connectivity index (χ3v) is 4.83. The lowest BCUT2D eigenvalue weighted by Crippen LogP contribution is -2.39. The van der Waals surface area contributed by atoms with Crippen LogP contribution in [0.1, 0.15) is 61.9 Å². The van der Waals surface area contributed by atoms with Crippen LogP contribution in [0.2, 0.25) is 0 Å². The molecule has 2 aromatic heterocycles. The van der Waals surface area contributed by atoms with Crippen molar-refractivity contribution in [2.75, 3.05) is 13.1 Å². The highest BCUT2D eigenvalue weighted by atomic mass is 16.2. The van der Waals surface area contributed by atoms with Crippen LogP contribution in [0.25, 0.3) is 0 Å². The van der Waals surface area contributed by atoms with Crippen LogP contribution in [0.3, 0.4) is 0 Å². The van der Waals surface area contributed by atoms with E-state index in [-0.39, 0.29) is 23.6 Å². The van der Waals surface area contributed by atoms with Crippen molar-refractivity contribution in [2.45, 2.75) is 52.1 Å². The first-order chi connectivity index (χ1) is 11.9. The molecule has 8 heteroatoms. The Morgan fingerprint density at radius 3 is 2.52 bits per heavy atom. The minimum atomic E-state index is -0.0754. The normalized spacial score (nSPS) is 16.0. The number of likely N-dealkylation sites (tertiary alicyclic amines) is 1. The summed E-state index contributed by atoms with van der Waals surface area (Å²) in [4.78, 5) is 26.7. The Kier molecular flexibility index (Phi) is 4.78. The van der Waals surface area contributed by atoms with Gasteiger partial charge in [-0.1, -0.05) is 0 Å². The van der Waals surface area contributed by atoms with Gasteiger partial charge in [0, 0.05) is 44.8 Å². The summed E-state index contributed by atoms with van der Waals surface area (Å²) in [6.07, 6.45) is 3.45. The smallest absolute Gasteiger partial charge is 0.337 e. The Bertz CT molecular complexity index is 807. The van der Waals surface area contributed by atoms with Gasteiger partial charge in [0.15, 0.2) is 0 Å². The minimum absolute atomic E-state index is 0.0204. The number of carbonyl (C=O) groups excluding carboxylic acids is 1. The molecule has 25 heavy (non-hydrogen) atoms. The number of rotatable bonds is 4. The molecule has 0 bridgehead atoms. The first-order valence-electron chi connectivity index (χ1n) is 8.90. The first kappa shape index (κ1) is 17.4. The summed E-state index contributed by atoms with van der Waals surface area (Å²) in [5.74, 6) is 1.02. The van der Waals surface area contributed by atoms with Crippen LogP contribution < -0.4 is 5.69 Å². The number of amides is 1. The molecule has 0 saturated carbocycles. The van der Waals surface area contributed by atoms with Crippen molar-refractivity contribution in [3.05, 3.63) is 34.3 Å². The van der Waals surface area contributed by atoms with Gasteiger partial charge >= 0.3 is 5.69 Å². The highest BCUT2D eigenvalue weighted by Gasteiger charge is 2.29.